The maximum absolute atomic E-state index is 13.7. The lowest BCUT2D eigenvalue weighted by molar-refractivity contribution is 0.281. The molecule has 734 valence electrons. The highest BCUT2D eigenvalue weighted by atomic mass is 79.9. The third-order valence-corrected chi connectivity index (χ3v) is 29.5. The van der Waals surface area contributed by atoms with Crippen molar-refractivity contribution in [3.05, 3.63) is 386 Å². The Morgan fingerprint density at radius 2 is 0.556 bits per heavy atom. The Bertz CT molecular complexity index is 8480. The number of fused-ring (bicyclic) bond motifs is 5. The van der Waals surface area contributed by atoms with Crippen molar-refractivity contribution < 1.29 is 83.3 Å². The number of aromatic amines is 5. The number of imidazole rings is 5. The summed E-state index contributed by atoms with van der Waals surface area (Å²) < 4.78 is 203. The first-order chi connectivity index (χ1) is 68.6. The predicted molar refractivity (Wildman–Crippen MR) is 555 cm³/mol. The average molecular weight is 2180 g/mol. The lowest BCUT2D eigenvalue weighted by Crippen LogP contribution is -1.99. The number of nitrogens with one attached hydrogen (secondary N) is 5. The fraction of sp³-hybridized carbons (Fsp3) is 0.0952. The molecule has 0 spiro atoms. The molecule has 0 aliphatic carbocycles. The van der Waals surface area contributed by atoms with E-state index in [1.54, 1.807) is 164 Å². The number of H-pyrrole nitrogens is 5. The summed E-state index contributed by atoms with van der Waals surface area (Å²) in [6.07, 6.45) is 5.98. The Balaban J connectivity index is 0.000000129. The van der Waals surface area contributed by atoms with Crippen LogP contribution in [0.25, 0.3) is 111 Å². The van der Waals surface area contributed by atoms with E-state index in [1.165, 1.54) is 43.4 Å². The largest absolute Gasteiger partial charge is 0.486 e. The Morgan fingerprint density at radius 1 is 0.264 bits per heavy atom. The summed E-state index contributed by atoms with van der Waals surface area (Å²) in [5, 5.41) is 1.84. The zero-order chi connectivity index (χ0) is 102. The molecule has 0 atom stereocenters. The van der Waals surface area contributed by atoms with Crippen molar-refractivity contribution in [3.8, 4) is 84.4 Å². The van der Waals surface area contributed by atoms with Gasteiger partial charge in [-0.25, -0.2) is 84.6 Å². The van der Waals surface area contributed by atoms with Gasteiger partial charge in [0, 0.05) is 86.8 Å². The molecule has 5 aromatic heterocycles. The van der Waals surface area contributed by atoms with Gasteiger partial charge in [0.25, 0.3) is 0 Å². The normalized spacial score (nSPS) is 11.7. The van der Waals surface area contributed by atoms with Gasteiger partial charge < -0.3 is 48.6 Å². The molecule has 15 aromatic carbocycles. The van der Waals surface area contributed by atoms with Crippen LogP contribution < -0.4 is 23.7 Å². The van der Waals surface area contributed by atoms with Crippen molar-refractivity contribution in [1.29, 1.82) is 0 Å². The first-order valence-electron chi connectivity index (χ1n) is 43.2. The number of hydrogen-bond donors (Lipinski definition) is 5. The van der Waals surface area contributed by atoms with Gasteiger partial charge in [-0.3, -0.25) is 0 Å². The molecule has 39 heteroatoms. The summed E-state index contributed by atoms with van der Waals surface area (Å²) in [4.78, 5) is 39.6. The van der Waals surface area contributed by atoms with Crippen LogP contribution in [0.3, 0.4) is 0 Å². The fourth-order valence-electron chi connectivity index (χ4n) is 15.2. The van der Waals surface area contributed by atoms with Crippen LogP contribution in [-0.2, 0) is 82.2 Å². The molecule has 0 radical (unpaired) electrons. The number of benzene rings is 15. The van der Waals surface area contributed by atoms with Crippen molar-refractivity contribution in [3.63, 3.8) is 0 Å². The van der Waals surface area contributed by atoms with Crippen molar-refractivity contribution >= 4 is 167 Å². The van der Waals surface area contributed by atoms with Crippen LogP contribution in [0, 0.1) is 23.3 Å². The number of nitrogens with zero attached hydrogens (tertiary/aromatic N) is 5. The van der Waals surface area contributed by atoms with Crippen LogP contribution in [0.2, 0.25) is 20.1 Å². The smallest absolute Gasteiger partial charge is 0.176 e. The highest BCUT2D eigenvalue weighted by molar-refractivity contribution is 9.10. The summed E-state index contributed by atoms with van der Waals surface area (Å²) in [5.74, 6) is 1.49. The second kappa shape index (κ2) is 43.9. The highest BCUT2D eigenvalue weighted by Crippen LogP contribution is 2.39. The number of hydrogen-bond acceptors (Lipinski definition) is 20. The van der Waals surface area contributed by atoms with Crippen LogP contribution >= 0.6 is 62.3 Å². The van der Waals surface area contributed by atoms with E-state index in [9.17, 15) is 59.7 Å². The van der Waals surface area contributed by atoms with Gasteiger partial charge >= 0.3 is 0 Å². The molecule has 5 heterocycles. The lowest BCUT2D eigenvalue weighted by Gasteiger charge is -2.08. The van der Waals surface area contributed by atoms with Crippen LogP contribution in [0.1, 0.15) is 29.1 Å². The number of halogens is 9. The molecule has 0 aliphatic heterocycles. The predicted octanol–water partition coefficient (Wildman–Crippen LogP) is 25.0. The molecule has 0 saturated carbocycles. The van der Waals surface area contributed by atoms with Gasteiger partial charge in [0.05, 0.1) is 94.7 Å². The summed E-state index contributed by atoms with van der Waals surface area (Å²) in [7, 11) is -16.8. The molecule has 0 saturated heterocycles. The Labute approximate surface area is 852 Å². The van der Waals surface area contributed by atoms with E-state index in [0.717, 1.165) is 95.4 Å². The van der Waals surface area contributed by atoms with E-state index < -0.39 is 72.5 Å². The second-order valence-electron chi connectivity index (χ2n) is 32.6. The topological polar surface area (TPSA) is 360 Å². The van der Waals surface area contributed by atoms with E-state index >= 15 is 0 Å². The number of sulfone groups is 5. The highest BCUT2D eigenvalue weighted by Gasteiger charge is 2.24. The molecule has 20 rings (SSSR count). The number of aromatic nitrogens is 10. The molecule has 144 heavy (non-hydrogen) atoms. The molecule has 0 aliphatic rings. The molecule has 0 fully saturated rings. The SMILES string of the molecule is CS(=O)(=O)c1ccccc1-c1ccc2nc(COc3ccc(Br)cc3)[nH]c2c1.CS(=O)(=O)c1ccccc1-c1ccc2nc(COc3ccc(Cl)c(Cl)c3)[nH]c2c1.CS(=O)(=O)c1ccccc1-c1ccc2nc(COc3ccc(Cl)cc3Cl)[nH]c2c1.CS(=O)(=O)c1ccccc1-c1ccc2nc(COc3ccc(F)c(F)c3)[nH]c2c1.CS(=O)(=O)c1ccccc1-c1ccc2nc(COc3ccc(F)cc3F)[nH]c2c1. The van der Waals surface area contributed by atoms with Crippen LogP contribution in [0.4, 0.5) is 17.6 Å². The van der Waals surface area contributed by atoms with Gasteiger partial charge in [-0.05, 0) is 198 Å². The summed E-state index contributed by atoms with van der Waals surface area (Å²) in [6.45, 7) is 0.736. The zero-order valence-corrected chi connectivity index (χ0v) is 85.0. The average Bonchev–Trinajstić information content (AvgIpc) is 1.54. The molecule has 0 bridgehead atoms. The summed E-state index contributed by atoms with van der Waals surface area (Å²) >= 11 is 27.3. The Morgan fingerprint density at radius 3 is 0.868 bits per heavy atom. The monoisotopic (exact) mass is 2180 g/mol. The van der Waals surface area contributed by atoms with Gasteiger partial charge in [0.2, 0.25) is 0 Å². The van der Waals surface area contributed by atoms with Gasteiger partial charge in [0.1, 0.15) is 91.0 Å². The Kier molecular flexibility index (Phi) is 31.3. The maximum Gasteiger partial charge on any atom is 0.176 e. The van der Waals surface area contributed by atoms with Crippen molar-refractivity contribution in [2.24, 2.45) is 0 Å². The quantitative estimate of drug-likeness (QED) is 0.0332. The van der Waals surface area contributed by atoms with E-state index in [1.807, 2.05) is 109 Å². The van der Waals surface area contributed by atoms with E-state index in [-0.39, 0.29) is 47.7 Å². The third kappa shape index (κ3) is 25.7. The minimum atomic E-state index is -3.38. The molecular formula is C105H81BrCl4F4N10O15S5. The molecule has 0 unspecified atom stereocenters. The molecule has 20 aromatic rings. The van der Waals surface area contributed by atoms with Crippen LogP contribution in [-0.4, -0.2) is 123 Å². The van der Waals surface area contributed by atoms with Gasteiger partial charge in [0.15, 0.2) is 72.4 Å². The number of ether oxygens (including phenoxy) is 5. The fourth-order valence-corrected chi connectivity index (χ4v) is 20.8. The minimum absolute atomic E-state index is 0.0352. The van der Waals surface area contributed by atoms with E-state index in [0.29, 0.717) is 132 Å². The third-order valence-electron chi connectivity index (χ3n) is 21.9. The van der Waals surface area contributed by atoms with Crippen molar-refractivity contribution in [1.82, 2.24) is 49.8 Å². The second-order valence-corrected chi connectivity index (χ2v) is 45.1. The Hall–Kier alpha value is -14.2. The van der Waals surface area contributed by atoms with Gasteiger partial charge in [-0.2, -0.15) is 0 Å². The lowest BCUT2D eigenvalue weighted by atomic mass is 10.1. The molecule has 25 nitrogen and oxygen atoms in total. The maximum atomic E-state index is 13.7. The zero-order valence-electron chi connectivity index (χ0n) is 76.3. The summed E-state index contributed by atoms with van der Waals surface area (Å²) in [6, 6.07) is 86.0. The van der Waals surface area contributed by atoms with Crippen molar-refractivity contribution in [2.75, 3.05) is 31.3 Å². The van der Waals surface area contributed by atoms with Gasteiger partial charge in [-0.15, -0.1) is 0 Å². The van der Waals surface area contributed by atoms with Crippen LogP contribution in [0.15, 0.2) is 338 Å². The minimum Gasteiger partial charge on any atom is -0.486 e. The molecular weight excluding hydrogens is 2100 g/mol. The molecule has 5 N–H and O–H groups in total. The van der Waals surface area contributed by atoms with Crippen LogP contribution in [0.5, 0.6) is 28.7 Å². The van der Waals surface area contributed by atoms with E-state index in [4.69, 9.17) is 70.1 Å². The molecule has 0 amide bonds. The van der Waals surface area contributed by atoms with Gasteiger partial charge in [-0.1, -0.05) is 184 Å². The summed E-state index contributed by atoms with van der Waals surface area (Å²) in [5.41, 5.74) is 14.5. The first kappa shape index (κ1) is 103. The standard InChI is InChI=1S/C21H17BrN2O3S.2C21H16Cl2N2O3S.2C21H16F2N2O3S/c1-28(25,26)20-5-3-2-4-17(20)14-6-11-18-19(12-14)24-21(23-18)13-27-16-9-7-15(22)8-10-16;1-29(26,27)20-5-3-2-4-15(20)13-6-9-18-19(10-13)25-21(24-18)12-28-14-7-8-16(22)17(23)11-14;1-29(26,27)20-5-3-2-4-15(20)13-6-8-17-18(10-13)25-21(24-17)12-28-19-9-7-14(22)11-16(19)23;1-29(26,27)20-5-3-2-4-15(20)13-6-9-18-19(10-13)25-21(24-18)12-28-14-7-8-16(22)17(23)11-14;1-29(26,27)20-5-3-2-4-15(20)13-6-8-17-18(10-13)25-21(24-17)12-28-19-9-7-14(22)11-16(19)23/h2-12H,13H2,1H3,(H,23,24);4*2-11H,12H2,1H3,(H,24,25). The van der Waals surface area contributed by atoms with Crippen molar-refractivity contribution in [2.45, 2.75) is 57.5 Å². The first-order valence-corrected chi connectivity index (χ1v) is 55.0. The van der Waals surface area contributed by atoms with E-state index in [2.05, 4.69) is 65.8 Å². The number of rotatable bonds is 25.